The van der Waals surface area contributed by atoms with Gasteiger partial charge in [0.05, 0.1) is 13.2 Å². The molecular formula is C13H18O2. The van der Waals surface area contributed by atoms with Gasteiger partial charge in [-0.05, 0) is 49.6 Å². The second-order valence-corrected chi connectivity index (χ2v) is 4.29. The van der Waals surface area contributed by atoms with Gasteiger partial charge in [-0.2, -0.15) is 0 Å². The van der Waals surface area contributed by atoms with E-state index >= 15 is 0 Å². The molecule has 1 aromatic carbocycles. The molecule has 0 saturated carbocycles. The van der Waals surface area contributed by atoms with Gasteiger partial charge in [-0.25, -0.2) is 0 Å². The number of rotatable bonds is 2. The molecule has 1 atom stereocenters. The molecule has 82 valence electrons. The van der Waals surface area contributed by atoms with Crippen molar-refractivity contribution in [1.29, 1.82) is 0 Å². The molecule has 0 unspecified atom stereocenters. The molecule has 2 rings (SSSR count). The highest BCUT2D eigenvalue weighted by Gasteiger charge is 2.17. The lowest BCUT2D eigenvalue weighted by Crippen LogP contribution is -2.15. The maximum absolute atomic E-state index is 5.87. The van der Waals surface area contributed by atoms with Gasteiger partial charge in [0.1, 0.15) is 11.9 Å². The third kappa shape index (κ3) is 2.32. The zero-order chi connectivity index (χ0) is 10.8. The van der Waals surface area contributed by atoms with Gasteiger partial charge < -0.3 is 9.47 Å². The summed E-state index contributed by atoms with van der Waals surface area (Å²) in [5, 5.41) is 0. The molecule has 1 heterocycles. The Hall–Kier alpha value is -1.02. The summed E-state index contributed by atoms with van der Waals surface area (Å²) in [6.45, 7) is 7.95. The van der Waals surface area contributed by atoms with Gasteiger partial charge in [-0.3, -0.25) is 0 Å². The summed E-state index contributed by atoms with van der Waals surface area (Å²) in [4.78, 5) is 0. The molecule has 0 N–H and O–H groups in total. The van der Waals surface area contributed by atoms with E-state index in [0.29, 0.717) is 0 Å². The predicted molar refractivity (Wildman–Crippen MR) is 60.5 cm³/mol. The smallest absolute Gasteiger partial charge is 0.124 e. The predicted octanol–water partition coefficient (Wildman–Crippen LogP) is 2.78. The van der Waals surface area contributed by atoms with E-state index in [0.717, 1.165) is 25.4 Å². The summed E-state index contributed by atoms with van der Waals surface area (Å²) < 4.78 is 11.2. The molecule has 1 aliphatic rings. The highest BCUT2D eigenvalue weighted by Crippen LogP contribution is 2.23. The average molecular weight is 206 g/mol. The maximum atomic E-state index is 5.87. The van der Waals surface area contributed by atoms with E-state index in [1.807, 2.05) is 0 Å². The Morgan fingerprint density at radius 3 is 2.40 bits per heavy atom. The van der Waals surface area contributed by atoms with Gasteiger partial charge >= 0.3 is 0 Å². The first-order valence-corrected chi connectivity index (χ1v) is 5.49. The van der Waals surface area contributed by atoms with Gasteiger partial charge in [0.2, 0.25) is 0 Å². The second kappa shape index (κ2) is 4.23. The maximum Gasteiger partial charge on any atom is 0.124 e. The number of hydrogen-bond acceptors (Lipinski definition) is 2. The van der Waals surface area contributed by atoms with Crippen LogP contribution in [0.25, 0.3) is 0 Å². The Morgan fingerprint density at radius 1 is 1.20 bits per heavy atom. The standard InChI is InChI=1S/C13H18O2/c1-9-6-13(7-10(2)11(9)3)15-12-4-5-14-8-12/h6-7,12H,4-5,8H2,1-3H3/t12-/m0/s1. The number of aryl methyl sites for hydroxylation is 2. The van der Waals surface area contributed by atoms with Gasteiger partial charge in [-0.15, -0.1) is 0 Å². The van der Waals surface area contributed by atoms with Gasteiger partial charge in [0, 0.05) is 6.42 Å². The Labute approximate surface area is 91.2 Å². The van der Waals surface area contributed by atoms with E-state index in [1.54, 1.807) is 0 Å². The van der Waals surface area contributed by atoms with Crippen LogP contribution in [0.15, 0.2) is 12.1 Å². The Bertz CT molecular complexity index is 329. The molecule has 1 aliphatic heterocycles. The molecule has 1 fully saturated rings. The van der Waals surface area contributed by atoms with Crippen LogP contribution in [0.2, 0.25) is 0 Å². The molecule has 0 radical (unpaired) electrons. The zero-order valence-corrected chi connectivity index (χ0v) is 9.67. The summed E-state index contributed by atoms with van der Waals surface area (Å²) in [6.07, 6.45) is 1.25. The Balaban J connectivity index is 2.14. The molecule has 2 heteroatoms. The fourth-order valence-corrected chi connectivity index (χ4v) is 1.86. The summed E-state index contributed by atoms with van der Waals surface area (Å²) >= 11 is 0. The SMILES string of the molecule is Cc1cc(O[C@H]2CCOC2)cc(C)c1C. The van der Waals surface area contributed by atoms with Crippen molar-refractivity contribution in [1.82, 2.24) is 0 Å². The molecule has 0 amide bonds. The highest BCUT2D eigenvalue weighted by molar-refractivity contribution is 5.40. The molecule has 0 spiro atoms. The molecule has 0 aliphatic carbocycles. The van der Waals surface area contributed by atoms with E-state index in [-0.39, 0.29) is 6.10 Å². The van der Waals surface area contributed by atoms with Crippen LogP contribution in [0.3, 0.4) is 0 Å². The quantitative estimate of drug-likeness (QED) is 0.740. The third-order valence-corrected chi connectivity index (χ3v) is 3.09. The van der Waals surface area contributed by atoms with Gasteiger partial charge in [-0.1, -0.05) is 0 Å². The van der Waals surface area contributed by atoms with Gasteiger partial charge in [0.15, 0.2) is 0 Å². The number of ether oxygens (including phenoxy) is 2. The average Bonchev–Trinajstić information content (AvgIpc) is 2.66. The monoisotopic (exact) mass is 206 g/mol. The fourth-order valence-electron chi connectivity index (χ4n) is 1.86. The molecule has 2 nitrogen and oxygen atoms in total. The normalized spacial score (nSPS) is 20.6. The minimum atomic E-state index is 0.242. The Kier molecular flexibility index (Phi) is 2.96. The summed E-state index contributed by atoms with van der Waals surface area (Å²) in [5.41, 5.74) is 3.94. The molecule has 15 heavy (non-hydrogen) atoms. The lowest BCUT2D eigenvalue weighted by molar-refractivity contribution is 0.141. The first-order chi connectivity index (χ1) is 7.16. The van der Waals surface area contributed by atoms with E-state index in [4.69, 9.17) is 9.47 Å². The minimum absolute atomic E-state index is 0.242. The van der Waals surface area contributed by atoms with Crippen molar-refractivity contribution < 1.29 is 9.47 Å². The van der Waals surface area contributed by atoms with Crippen LogP contribution in [0.4, 0.5) is 0 Å². The van der Waals surface area contributed by atoms with Crippen molar-refractivity contribution in [3.63, 3.8) is 0 Å². The molecule has 0 aromatic heterocycles. The topological polar surface area (TPSA) is 18.5 Å². The third-order valence-electron chi connectivity index (χ3n) is 3.09. The number of hydrogen-bond donors (Lipinski definition) is 0. The lowest BCUT2D eigenvalue weighted by Gasteiger charge is -2.14. The highest BCUT2D eigenvalue weighted by atomic mass is 16.5. The van der Waals surface area contributed by atoms with E-state index in [2.05, 4.69) is 32.9 Å². The first-order valence-electron chi connectivity index (χ1n) is 5.49. The van der Waals surface area contributed by atoms with E-state index in [9.17, 15) is 0 Å². The van der Waals surface area contributed by atoms with Crippen LogP contribution in [-0.4, -0.2) is 19.3 Å². The lowest BCUT2D eigenvalue weighted by atomic mass is 10.0. The summed E-state index contributed by atoms with van der Waals surface area (Å²) in [5.74, 6) is 0.978. The minimum Gasteiger partial charge on any atom is -0.488 e. The van der Waals surface area contributed by atoms with Crippen LogP contribution in [0.5, 0.6) is 5.75 Å². The van der Waals surface area contributed by atoms with E-state index < -0.39 is 0 Å². The van der Waals surface area contributed by atoms with Gasteiger partial charge in [0.25, 0.3) is 0 Å². The van der Waals surface area contributed by atoms with Crippen LogP contribution < -0.4 is 4.74 Å². The Morgan fingerprint density at radius 2 is 1.87 bits per heavy atom. The summed E-state index contributed by atoms with van der Waals surface area (Å²) in [6, 6.07) is 4.22. The van der Waals surface area contributed by atoms with Crippen molar-refractivity contribution in [3.8, 4) is 5.75 Å². The van der Waals surface area contributed by atoms with Crippen molar-refractivity contribution in [2.75, 3.05) is 13.2 Å². The molecule has 1 saturated heterocycles. The van der Waals surface area contributed by atoms with Crippen LogP contribution in [0, 0.1) is 20.8 Å². The van der Waals surface area contributed by atoms with E-state index in [1.165, 1.54) is 16.7 Å². The van der Waals surface area contributed by atoms with Crippen molar-refractivity contribution in [2.45, 2.75) is 33.3 Å². The van der Waals surface area contributed by atoms with Crippen molar-refractivity contribution in [3.05, 3.63) is 28.8 Å². The fraction of sp³-hybridized carbons (Fsp3) is 0.538. The van der Waals surface area contributed by atoms with Crippen molar-refractivity contribution >= 4 is 0 Å². The molecule has 0 bridgehead atoms. The first kappa shape index (κ1) is 10.5. The van der Waals surface area contributed by atoms with Crippen LogP contribution in [0.1, 0.15) is 23.1 Å². The largest absolute Gasteiger partial charge is 0.488 e. The molecule has 1 aromatic rings. The molecular weight excluding hydrogens is 188 g/mol. The number of benzene rings is 1. The van der Waals surface area contributed by atoms with Crippen LogP contribution in [-0.2, 0) is 4.74 Å². The second-order valence-electron chi connectivity index (χ2n) is 4.29. The van der Waals surface area contributed by atoms with Crippen LogP contribution >= 0.6 is 0 Å². The van der Waals surface area contributed by atoms with Crippen molar-refractivity contribution in [2.24, 2.45) is 0 Å². The zero-order valence-electron chi connectivity index (χ0n) is 9.67. The summed E-state index contributed by atoms with van der Waals surface area (Å²) in [7, 11) is 0.